The second-order valence-electron chi connectivity index (χ2n) is 3.26. The van der Waals surface area contributed by atoms with Crippen LogP contribution < -0.4 is 0 Å². The highest BCUT2D eigenvalue weighted by Gasteiger charge is 2.01. The van der Waals surface area contributed by atoms with Gasteiger partial charge in [0.25, 0.3) is 0 Å². The van der Waals surface area contributed by atoms with Gasteiger partial charge in [-0.2, -0.15) is 0 Å². The van der Waals surface area contributed by atoms with Crippen molar-refractivity contribution >= 4 is 17.6 Å². The first-order valence-electron chi connectivity index (χ1n) is 4.89. The molecule has 0 saturated heterocycles. The van der Waals surface area contributed by atoms with Crippen LogP contribution in [0.1, 0.15) is 15.4 Å². The van der Waals surface area contributed by atoms with Crippen LogP contribution in [0.15, 0.2) is 35.9 Å². The SMILES string of the molecule is O/N=C\c1cnc(CCc2ccncc2)s1. The number of hydrogen-bond donors (Lipinski definition) is 1. The van der Waals surface area contributed by atoms with Gasteiger partial charge < -0.3 is 5.21 Å². The van der Waals surface area contributed by atoms with E-state index in [0.29, 0.717) is 0 Å². The summed E-state index contributed by atoms with van der Waals surface area (Å²) in [5.41, 5.74) is 1.25. The highest BCUT2D eigenvalue weighted by Crippen LogP contribution is 2.13. The minimum absolute atomic E-state index is 0.868. The van der Waals surface area contributed by atoms with E-state index in [1.165, 1.54) is 11.8 Å². The number of aromatic nitrogens is 2. The van der Waals surface area contributed by atoms with E-state index in [0.717, 1.165) is 22.7 Å². The van der Waals surface area contributed by atoms with Gasteiger partial charge in [0.2, 0.25) is 0 Å². The molecule has 0 aromatic carbocycles. The molecule has 0 saturated carbocycles. The lowest BCUT2D eigenvalue weighted by Gasteiger charge is -1.96. The molecule has 0 fully saturated rings. The fraction of sp³-hybridized carbons (Fsp3) is 0.182. The number of oxime groups is 1. The van der Waals surface area contributed by atoms with Gasteiger partial charge in [-0.3, -0.25) is 4.98 Å². The van der Waals surface area contributed by atoms with Crippen molar-refractivity contribution in [2.24, 2.45) is 5.16 Å². The zero-order valence-corrected chi connectivity index (χ0v) is 9.39. The molecule has 2 aromatic heterocycles. The minimum Gasteiger partial charge on any atom is -0.411 e. The van der Waals surface area contributed by atoms with E-state index in [1.807, 2.05) is 12.1 Å². The molecule has 0 amide bonds. The third kappa shape index (κ3) is 2.87. The molecule has 82 valence electrons. The summed E-state index contributed by atoms with van der Waals surface area (Å²) in [4.78, 5) is 9.09. The van der Waals surface area contributed by atoms with Gasteiger partial charge in [0, 0.05) is 25.0 Å². The first-order chi connectivity index (χ1) is 7.88. The van der Waals surface area contributed by atoms with Crippen molar-refractivity contribution in [3.63, 3.8) is 0 Å². The fourth-order valence-electron chi connectivity index (χ4n) is 1.36. The summed E-state index contributed by atoms with van der Waals surface area (Å²) >= 11 is 1.54. The lowest BCUT2D eigenvalue weighted by Crippen LogP contribution is -1.90. The summed E-state index contributed by atoms with van der Waals surface area (Å²) in [5, 5.41) is 12.4. The van der Waals surface area contributed by atoms with Crippen LogP contribution in [0.25, 0.3) is 0 Å². The Labute approximate surface area is 97.3 Å². The molecule has 0 radical (unpaired) electrons. The normalized spacial score (nSPS) is 11.0. The minimum atomic E-state index is 0.868. The Morgan fingerprint density at radius 3 is 2.88 bits per heavy atom. The van der Waals surface area contributed by atoms with Crippen LogP contribution in [0.3, 0.4) is 0 Å². The smallest absolute Gasteiger partial charge is 0.0934 e. The van der Waals surface area contributed by atoms with Gasteiger partial charge in [0.1, 0.15) is 0 Å². The molecule has 0 unspecified atom stereocenters. The summed E-state index contributed by atoms with van der Waals surface area (Å²) < 4.78 is 0. The van der Waals surface area contributed by atoms with Crippen molar-refractivity contribution in [1.29, 1.82) is 0 Å². The zero-order chi connectivity index (χ0) is 11.2. The Morgan fingerprint density at radius 2 is 2.12 bits per heavy atom. The van der Waals surface area contributed by atoms with Gasteiger partial charge >= 0.3 is 0 Å². The second-order valence-corrected chi connectivity index (χ2v) is 4.40. The molecule has 4 nitrogen and oxygen atoms in total. The molecule has 2 rings (SSSR count). The molecule has 0 aliphatic carbocycles. The number of nitrogens with zero attached hydrogens (tertiary/aromatic N) is 3. The molecule has 16 heavy (non-hydrogen) atoms. The van der Waals surface area contributed by atoms with E-state index >= 15 is 0 Å². The molecule has 2 aromatic rings. The van der Waals surface area contributed by atoms with Crippen LogP contribution in [0, 0.1) is 0 Å². The maximum absolute atomic E-state index is 8.38. The topological polar surface area (TPSA) is 58.4 Å². The lowest BCUT2D eigenvalue weighted by atomic mass is 10.1. The van der Waals surface area contributed by atoms with Crippen LogP contribution in [0.4, 0.5) is 0 Å². The van der Waals surface area contributed by atoms with Crippen LogP contribution in [0.5, 0.6) is 0 Å². The van der Waals surface area contributed by atoms with Gasteiger partial charge in [-0.05, 0) is 24.1 Å². The summed E-state index contributed by atoms with van der Waals surface area (Å²) in [7, 11) is 0. The van der Waals surface area contributed by atoms with Crippen molar-refractivity contribution in [2.45, 2.75) is 12.8 Å². The molecular weight excluding hydrogens is 222 g/mol. The first-order valence-corrected chi connectivity index (χ1v) is 5.71. The van der Waals surface area contributed by atoms with Crippen molar-refractivity contribution in [2.75, 3.05) is 0 Å². The largest absolute Gasteiger partial charge is 0.411 e. The molecule has 0 aliphatic rings. The molecule has 0 atom stereocenters. The Bertz CT molecular complexity index is 467. The van der Waals surface area contributed by atoms with Crippen LogP contribution in [-0.2, 0) is 12.8 Å². The average Bonchev–Trinajstić information content (AvgIpc) is 2.76. The highest BCUT2D eigenvalue weighted by molar-refractivity contribution is 7.13. The maximum Gasteiger partial charge on any atom is 0.0934 e. The van der Waals surface area contributed by atoms with Crippen molar-refractivity contribution in [1.82, 2.24) is 9.97 Å². The number of rotatable bonds is 4. The van der Waals surface area contributed by atoms with Gasteiger partial charge in [0.05, 0.1) is 16.1 Å². The molecule has 2 heterocycles. The van der Waals surface area contributed by atoms with Crippen LogP contribution >= 0.6 is 11.3 Å². The summed E-state index contributed by atoms with van der Waals surface area (Å²) in [6.07, 6.45) is 8.54. The first kappa shape index (κ1) is 10.8. The van der Waals surface area contributed by atoms with E-state index in [2.05, 4.69) is 15.1 Å². The Balaban J connectivity index is 1.94. The number of thiazole rings is 1. The number of aryl methyl sites for hydroxylation is 2. The molecular formula is C11H11N3OS. The molecule has 1 N–H and O–H groups in total. The molecule has 5 heteroatoms. The Hall–Kier alpha value is -1.75. The summed E-state index contributed by atoms with van der Waals surface area (Å²) in [6.45, 7) is 0. The van der Waals surface area contributed by atoms with E-state index in [-0.39, 0.29) is 0 Å². The standard InChI is InChI=1S/C11H11N3OS/c15-14-8-10-7-13-11(16-10)2-1-9-3-5-12-6-4-9/h3-8,15H,1-2H2/b14-8-. The van der Waals surface area contributed by atoms with Gasteiger partial charge in [-0.1, -0.05) is 5.16 Å². The lowest BCUT2D eigenvalue weighted by molar-refractivity contribution is 0.322. The quantitative estimate of drug-likeness (QED) is 0.500. The Morgan fingerprint density at radius 1 is 1.31 bits per heavy atom. The number of hydrogen-bond acceptors (Lipinski definition) is 5. The van der Waals surface area contributed by atoms with E-state index in [1.54, 1.807) is 29.9 Å². The zero-order valence-electron chi connectivity index (χ0n) is 8.58. The third-order valence-corrected chi connectivity index (χ3v) is 3.12. The van der Waals surface area contributed by atoms with Gasteiger partial charge in [-0.25, -0.2) is 4.98 Å². The van der Waals surface area contributed by atoms with Crippen LogP contribution in [-0.4, -0.2) is 21.4 Å². The van der Waals surface area contributed by atoms with Crippen molar-refractivity contribution in [3.05, 3.63) is 46.2 Å². The molecule has 0 aliphatic heterocycles. The second kappa shape index (κ2) is 5.37. The van der Waals surface area contributed by atoms with E-state index in [9.17, 15) is 0 Å². The van der Waals surface area contributed by atoms with Gasteiger partial charge in [0.15, 0.2) is 0 Å². The monoisotopic (exact) mass is 233 g/mol. The third-order valence-electron chi connectivity index (χ3n) is 2.13. The van der Waals surface area contributed by atoms with E-state index in [4.69, 9.17) is 5.21 Å². The van der Waals surface area contributed by atoms with Crippen LogP contribution in [0.2, 0.25) is 0 Å². The van der Waals surface area contributed by atoms with Crippen molar-refractivity contribution in [3.8, 4) is 0 Å². The fourth-order valence-corrected chi connectivity index (χ4v) is 2.14. The molecule has 0 bridgehead atoms. The maximum atomic E-state index is 8.38. The molecule has 0 spiro atoms. The van der Waals surface area contributed by atoms with Crippen molar-refractivity contribution < 1.29 is 5.21 Å². The predicted molar refractivity (Wildman–Crippen MR) is 63.1 cm³/mol. The highest BCUT2D eigenvalue weighted by atomic mass is 32.1. The number of pyridine rings is 1. The van der Waals surface area contributed by atoms with E-state index < -0.39 is 0 Å². The summed E-state index contributed by atoms with van der Waals surface area (Å²) in [6, 6.07) is 4.01. The summed E-state index contributed by atoms with van der Waals surface area (Å²) in [5.74, 6) is 0. The average molecular weight is 233 g/mol. The predicted octanol–water partition coefficient (Wildman–Crippen LogP) is 2.13. The Kier molecular flexibility index (Phi) is 3.61. The van der Waals surface area contributed by atoms with Gasteiger partial charge in [-0.15, -0.1) is 11.3 Å².